The lowest BCUT2D eigenvalue weighted by Gasteiger charge is -2.22. The van der Waals surface area contributed by atoms with E-state index in [1.54, 1.807) is 0 Å². The molecule has 1 aliphatic rings. The van der Waals surface area contributed by atoms with Crippen LogP contribution in [0.5, 0.6) is 11.5 Å². The Hall–Kier alpha value is -2.69. The fourth-order valence-electron chi connectivity index (χ4n) is 3.10. The number of urea groups is 1. The maximum Gasteiger partial charge on any atom is 0.315 e. The van der Waals surface area contributed by atoms with Gasteiger partial charge in [0.15, 0.2) is 11.5 Å². The number of amides is 2. The minimum atomic E-state index is -0.196. The van der Waals surface area contributed by atoms with Gasteiger partial charge in [-0.05, 0) is 48.6 Å². The first-order valence-corrected chi connectivity index (χ1v) is 9.50. The Kier molecular flexibility index (Phi) is 5.89. The van der Waals surface area contributed by atoms with Crippen LogP contribution in [0.25, 0.3) is 0 Å². The number of hydrogen-bond donors (Lipinski definition) is 2. The first kappa shape index (κ1) is 19.1. The lowest BCUT2D eigenvalue weighted by atomic mass is 10.00. The van der Waals surface area contributed by atoms with E-state index in [2.05, 4.69) is 48.7 Å². The molecule has 2 N–H and O–H groups in total. The first-order chi connectivity index (χ1) is 12.9. The summed E-state index contributed by atoms with van der Waals surface area (Å²) in [7, 11) is 0. The van der Waals surface area contributed by atoms with Gasteiger partial charge < -0.3 is 20.1 Å². The van der Waals surface area contributed by atoms with Crippen LogP contribution in [0.4, 0.5) is 4.79 Å². The summed E-state index contributed by atoms with van der Waals surface area (Å²) in [6.07, 6.45) is 0. The van der Waals surface area contributed by atoms with Crippen molar-refractivity contribution in [2.75, 3.05) is 13.2 Å². The second kappa shape index (κ2) is 8.33. The first-order valence-electron chi connectivity index (χ1n) is 9.50. The van der Waals surface area contributed by atoms with Gasteiger partial charge in [-0.15, -0.1) is 0 Å². The molecule has 2 atom stereocenters. The van der Waals surface area contributed by atoms with Crippen molar-refractivity contribution in [1.29, 1.82) is 0 Å². The van der Waals surface area contributed by atoms with Gasteiger partial charge in [0.1, 0.15) is 13.2 Å². The number of hydrogen-bond acceptors (Lipinski definition) is 3. The minimum absolute atomic E-state index is 0.0707. The molecule has 0 aromatic heterocycles. The summed E-state index contributed by atoms with van der Waals surface area (Å²) in [6, 6.07) is 13.7. The maximum atomic E-state index is 12.4. The molecule has 2 aromatic rings. The molecule has 0 saturated heterocycles. The number of carbonyl (C=O) groups is 1. The van der Waals surface area contributed by atoms with Crippen molar-refractivity contribution in [3.8, 4) is 11.5 Å². The van der Waals surface area contributed by atoms with Crippen molar-refractivity contribution in [2.45, 2.75) is 45.7 Å². The highest BCUT2D eigenvalue weighted by molar-refractivity contribution is 5.75. The SMILES string of the molecule is CC(C)c1ccc(C(C)NC(=O)NC(C)c2ccc3c(c2)OCCO3)cc1. The van der Waals surface area contributed by atoms with Crippen molar-refractivity contribution < 1.29 is 14.3 Å². The molecule has 0 fully saturated rings. The quantitative estimate of drug-likeness (QED) is 0.804. The van der Waals surface area contributed by atoms with Crippen LogP contribution in [-0.2, 0) is 0 Å². The Bertz CT molecular complexity index is 787. The van der Waals surface area contributed by atoms with Crippen molar-refractivity contribution in [1.82, 2.24) is 10.6 Å². The van der Waals surface area contributed by atoms with E-state index in [9.17, 15) is 4.79 Å². The Balaban J connectivity index is 1.58. The van der Waals surface area contributed by atoms with Gasteiger partial charge in [-0.1, -0.05) is 44.2 Å². The Morgan fingerprint density at radius 3 is 1.93 bits per heavy atom. The lowest BCUT2D eigenvalue weighted by molar-refractivity contribution is 0.171. The van der Waals surface area contributed by atoms with Crippen LogP contribution >= 0.6 is 0 Å². The van der Waals surface area contributed by atoms with Crippen LogP contribution in [0.3, 0.4) is 0 Å². The summed E-state index contributed by atoms with van der Waals surface area (Å²) in [5.74, 6) is 1.98. The van der Waals surface area contributed by atoms with E-state index >= 15 is 0 Å². The summed E-state index contributed by atoms with van der Waals surface area (Å²) in [5, 5.41) is 5.99. The number of carbonyl (C=O) groups excluding carboxylic acids is 1. The van der Waals surface area contributed by atoms with E-state index < -0.39 is 0 Å². The molecular weight excluding hydrogens is 340 g/mol. The molecule has 5 heteroatoms. The fourth-order valence-corrected chi connectivity index (χ4v) is 3.10. The number of nitrogens with one attached hydrogen (secondary N) is 2. The summed E-state index contributed by atoms with van der Waals surface area (Å²) < 4.78 is 11.2. The lowest BCUT2D eigenvalue weighted by Crippen LogP contribution is -2.38. The molecule has 2 unspecified atom stereocenters. The summed E-state index contributed by atoms with van der Waals surface area (Å²) in [4.78, 5) is 12.4. The third-order valence-electron chi connectivity index (χ3n) is 4.86. The standard InChI is InChI=1S/C22H28N2O3/c1-14(2)17-5-7-18(8-6-17)15(3)23-22(25)24-16(4)19-9-10-20-21(13-19)27-12-11-26-20/h5-10,13-16H,11-12H2,1-4H3,(H2,23,24,25). The molecule has 144 valence electrons. The predicted octanol–water partition coefficient (Wildman–Crippen LogP) is 4.70. The third kappa shape index (κ3) is 4.73. The topological polar surface area (TPSA) is 59.6 Å². The van der Waals surface area contributed by atoms with Gasteiger partial charge in [0.2, 0.25) is 0 Å². The monoisotopic (exact) mass is 368 g/mol. The molecule has 0 spiro atoms. The third-order valence-corrected chi connectivity index (χ3v) is 4.86. The van der Waals surface area contributed by atoms with Gasteiger partial charge in [0.05, 0.1) is 12.1 Å². The molecule has 2 amide bonds. The zero-order valence-electron chi connectivity index (χ0n) is 16.4. The van der Waals surface area contributed by atoms with E-state index in [0.717, 1.165) is 22.6 Å². The van der Waals surface area contributed by atoms with E-state index in [-0.39, 0.29) is 18.1 Å². The number of rotatable bonds is 5. The smallest absolute Gasteiger partial charge is 0.315 e. The summed E-state index contributed by atoms with van der Waals surface area (Å²) in [6.45, 7) is 9.39. The highest BCUT2D eigenvalue weighted by atomic mass is 16.6. The molecule has 5 nitrogen and oxygen atoms in total. The molecule has 1 aliphatic heterocycles. The van der Waals surface area contributed by atoms with E-state index in [1.165, 1.54) is 5.56 Å². The largest absolute Gasteiger partial charge is 0.486 e. The molecule has 3 rings (SSSR count). The normalized spacial score (nSPS) is 15.1. The van der Waals surface area contributed by atoms with Crippen molar-refractivity contribution in [3.05, 3.63) is 59.2 Å². The maximum absolute atomic E-state index is 12.4. The van der Waals surface area contributed by atoms with Gasteiger partial charge in [-0.2, -0.15) is 0 Å². The average molecular weight is 368 g/mol. The number of fused-ring (bicyclic) bond motifs is 1. The van der Waals surface area contributed by atoms with Crippen molar-refractivity contribution in [2.24, 2.45) is 0 Å². The highest BCUT2D eigenvalue weighted by Gasteiger charge is 2.17. The van der Waals surface area contributed by atoms with E-state index in [4.69, 9.17) is 9.47 Å². The summed E-state index contributed by atoms with van der Waals surface area (Å²) in [5.41, 5.74) is 3.35. The minimum Gasteiger partial charge on any atom is -0.486 e. The van der Waals surface area contributed by atoms with Crippen LogP contribution < -0.4 is 20.1 Å². The zero-order chi connectivity index (χ0) is 19.4. The van der Waals surface area contributed by atoms with Crippen LogP contribution in [0.2, 0.25) is 0 Å². The van der Waals surface area contributed by atoms with Gasteiger partial charge in [-0.25, -0.2) is 4.79 Å². The molecule has 0 bridgehead atoms. The van der Waals surface area contributed by atoms with Gasteiger partial charge in [0, 0.05) is 0 Å². The van der Waals surface area contributed by atoms with Gasteiger partial charge in [0.25, 0.3) is 0 Å². The molecule has 1 heterocycles. The van der Waals surface area contributed by atoms with E-state index in [1.807, 2.05) is 32.0 Å². The number of benzene rings is 2. The van der Waals surface area contributed by atoms with Crippen LogP contribution in [0, 0.1) is 0 Å². The zero-order valence-corrected chi connectivity index (χ0v) is 16.4. The highest BCUT2D eigenvalue weighted by Crippen LogP contribution is 2.32. The van der Waals surface area contributed by atoms with Crippen molar-refractivity contribution >= 4 is 6.03 Å². The Morgan fingerprint density at radius 1 is 0.778 bits per heavy atom. The molecular formula is C22H28N2O3. The molecule has 0 radical (unpaired) electrons. The average Bonchev–Trinajstić information content (AvgIpc) is 2.67. The van der Waals surface area contributed by atoms with Crippen LogP contribution in [0.1, 0.15) is 62.4 Å². The second-order valence-corrected chi connectivity index (χ2v) is 7.29. The predicted molar refractivity (Wildman–Crippen MR) is 106 cm³/mol. The summed E-state index contributed by atoms with van der Waals surface area (Å²) >= 11 is 0. The fraction of sp³-hybridized carbons (Fsp3) is 0.409. The molecule has 0 saturated carbocycles. The van der Waals surface area contributed by atoms with Gasteiger partial charge in [-0.3, -0.25) is 0 Å². The Morgan fingerprint density at radius 2 is 1.30 bits per heavy atom. The van der Waals surface area contributed by atoms with Gasteiger partial charge >= 0.3 is 6.03 Å². The molecule has 2 aromatic carbocycles. The Labute approximate surface area is 161 Å². The van der Waals surface area contributed by atoms with Crippen LogP contribution in [0.15, 0.2) is 42.5 Å². The van der Waals surface area contributed by atoms with E-state index in [0.29, 0.717) is 19.1 Å². The van der Waals surface area contributed by atoms with Crippen molar-refractivity contribution in [3.63, 3.8) is 0 Å². The molecule has 27 heavy (non-hydrogen) atoms. The molecule has 0 aliphatic carbocycles. The second-order valence-electron chi connectivity index (χ2n) is 7.29. The number of ether oxygens (including phenoxy) is 2. The van der Waals surface area contributed by atoms with Crippen LogP contribution in [-0.4, -0.2) is 19.2 Å².